The number of halogens is 3. The Hall–Kier alpha value is -1.85. The summed E-state index contributed by atoms with van der Waals surface area (Å²) in [6.45, 7) is 4.07. The lowest BCUT2D eigenvalue weighted by Gasteiger charge is -2.42. The van der Waals surface area contributed by atoms with E-state index in [2.05, 4.69) is 11.0 Å². The lowest BCUT2D eigenvalue weighted by molar-refractivity contribution is -0.235. The SMILES string of the molecule is CC1C=C(C(C)(O)C(F)(F)F)C=CC1C(=O)N(C1CC1)C1CCN(C2(C#N)CC2)CC1. The molecule has 0 bridgehead atoms. The molecule has 31 heavy (non-hydrogen) atoms. The van der Waals surface area contributed by atoms with E-state index < -0.39 is 23.6 Å². The van der Waals surface area contributed by atoms with Crippen LogP contribution < -0.4 is 0 Å². The number of alkyl halides is 3. The summed E-state index contributed by atoms with van der Waals surface area (Å²) in [5, 5.41) is 19.4. The van der Waals surface area contributed by atoms with Gasteiger partial charge in [0.25, 0.3) is 0 Å². The molecule has 0 aromatic carbocycles. The maximum absolute atomic E-state index is 13.5. The highest BCUT2D eigenvalue weighted by molar-refractivity contribution is 5.82. The van der Waals surface area contributed by atoms with Gasteiger partial charge in [-0.1, -0.05) is 25.2 Å². The fourth-order valence-corrected chi connectivity index (χ4v) is 4.99. The summed E-state index contributed by atoms with van der Waals surface area (Å²) in [5.74, 6) is -0.996. The van der Waals surface area contributed by atoms with Crippen molar-refractivity contribution in [1.29, 1.82) is 5.26 Å². The summed E-state index contributed by atoms with van der Waals surface area (Å²) in [7, 11) is 0. The Morgan fingerprint density at radius 1 is 1.23 bits per heavy atom. The first-order valence-electron chi connectivity index (χ1n) is 11.2. The van der Waals surface area contributed by atoms with Crippen molar-refractivity contribution in [3.05, 3.63) is 23.8 Å². The molecule has 1 heterocycles. The number of amides is 1. The van der Waals surface area contributed by atoms with Crippen LogP contribution in [0, 0.1) is 23.2 Å². The molecule has 3 aliphatic carbocycles. The number of carbonyl (C=O) groups excluding carboxylic acids is 1. The summed E-state index contributed by atoms with van der Waals surface area (Å²) in [5.41, 5.74) is -3.45. The van der Waals surface area contributed by atoms with Gasteiger partial charge in [0, 0.05) is 25.2 Å². The molecule has 4 rings (SSSR count). The maximum Gasteiger partial charge on any atom is 0.421 e. The maximum atomic E-state index is 13.5. The number of allylic oxidation sites excluding steroid dienone is 1. The predicted octanol–water partition coefficient (Wildman–Crippen LogP) is 3.56. The Labute approximate surface area is 181 Å². The van der Waals surface area contributed by atoms with Gasteiger partial charge in [0.2, 0.25) is 5.91 Å². The number of piperidine rings is 1. The van der Waals surface area contributed by atoms with Crippen LogP contribution in [0.15, 0.2) is 23.8 Å². The van der Waals surface area contributed by atoms with Crippen molar-refractivity contribution < 1.29 is 23.1 Å². The third-order valence-corrected chi connectivity index (χ3v) is 7.48. The smallest absolute Gasteiger partial charge is 0.376 e. The molecule has 3 atom stereocenters. The first-order chi connectivity index (χ1) is 14.5. The number of hydrogen-bond acceptors (Lipinski definition) is 4. The van der Waals surface area contributed by atoms with E-state index in [1.54, 1.807) is 6.92 Å². The molecule has 8 heteroatoms. The van der Waals surface area contributed by atoms with Crippen LogP contribution in [0.2, 0.25) is 0 Å². The summed E-state index contributed by atoms with van der Waals surface area (Å²) >= 11 is 0. The summed E-state index contributed by atoms with van der Waals surface area (Å²) in [6.07, 6.45) is 4.78. The number of carbonyl (C=O) groups is 1. The number of rotatable bonds is 5. The van der Waals surface area contributed by atoms with E-state index in [0.29, 0.717) is 0 Å². The molecule has 0 aromatic rings. The average molecular weight is 438 g/mol. The Balaban J connectivity index is 1.44. The first-order valence-corrected chi connectivity index (χ1v) is 11.2. The van der Waals surface area contributed by atoms with E-state index >= 15 is 0 Å². The zero-order chi connectivity index (χ0) is 22.6. The Morgan fingerprint density at radius 2 is 1.81 bits per heavy atom. The summed E-state index contributed by atoms with van der Waals surface area (Å²) in [6, 6.07) is 2.75. The highest BCUT2D eigenvalue weighted by Crippen LogP contribution is 2.44. The van der Waals surface area contributed by atoms with E-state index in [1.807, 2.05) is 4.90 Å². The highest BCUT2D eigenvalue weighted by Gasteiger charge is 2.53. The van der Waals surface area contributed by atoms with Gasteiger partial charge in [-0.3, -0.25) is 9.69 Å². The summed E-state index contributed by atoms with van der Waals surface area (Å²) in [4.78, 5) is 17.7. The number of aliphatic hydroxyl groups is 1. The van der Waals surface area contributed by atoms with Crippen LogP contribution in [-0.2, 0) is 4.79 Å². The van der Waals surface area contributed by atoms with Gasteiger partial charge in [-0.25, -0.2) is 0 Å². The van der Waals surface area contributed by atoms with Gasteiger partial charge in [-0.15, -0.1) is 0 Å². The minimum Gasteiger partial charge on any atom is -0.376 e. The minimum absolute atomic E-state index is 0.0342. The second-order valence-corrected chi connectivity index (χ2v) is 9.77. The zero-order valence-electron chi connectivity index (χ0n) is 18.0. The topological polar surface area (TPSA) is 67.6 Å². The lowest BCUT2D eigenvalue weighted by Crippen LogP contribution is -2.53. The van der Waals surface area contributed by atoms with Gasteiger partial charge in [0.05, 0.1) is 12.0 Å². The molecule has 0 aromatic heterocycles. The van der Waals surface area contributed by atoms with Gasteiger partial charge in [-0.05, 0) is 56.9 Å². The van der Waals surface area contributed by atoms with E-state index in [4.69, 9.17) is 0 Å². The molecular formula is C23H30F3N3O2. The van der Waals surface area contributed by atoms with Crippen LogP contribution in [0.4, 0.5) is 13.2 Å². The van der Waals surface area contributed by atoms with E-state index in [9.17, 15) is 28.3 Å². The van der Waals surface area contributed by atoms with Crippen molar-refractivity contribution in [3.8, 4) is 6.07 Å². The van der Waals surface area contributed by atoms with Crippen molar-refractivity contribution >= 4 is 5.91 Å². The van der Waals surface area contributed by atoms with Gasteiger partial charge in [-0.2, -0.15) is 18.4 Å². The number of nitriles is 1. The molecule has 4 aliphatic rings. The monoisotopic (exact) mass is 437 g/mol. The van der Waals surface area contributed by atoms with Crippen LogP contribution in [0.25, 0.3) is 0 Å². The van der Waals surface area contributed by atoms with Crippen molar-refractivity contribution in [2.24, 2.45) is 11.8 Å². The normalized spacial score (nSPS) is 30.8. The van der Waals surface area contributed by atoms with Gasteiger partial charge in [0.1, 0.15) is 5.54 Å². The van der Waals surface area contributed by atoms with Gasteiger partial charge in [0.15, 0.2) is 5.60 Å². The van der Waals surface area contributed by atoms with Crippen LogP contribution in [-0.4, -0.2) is 63.3 Å². The molecule has 1 N–H and O–H groups in total. The molecule has 1 saturated heterocycles. The van der Waals surface area contributed by atoms with Gasteiger partial charge < -0.3 is 10.0 Å². The van der Waals surface area contributed by atoms with Crippen LogP contribution in [0.5, 0.6) is 0 Å². The van der Waals surface area contributed by atoms with Crippen molar-refractivity contribution in [2.45, 2.75) is 81.8 Å². The molecule has 3 unspecified atom stereocenters. The quantitative estimate of drug-likeness (QED) is 0.714. The van der Waals surface area contributed by atoms with Crippen LogP contribution >= 0.6 is 0 Å². The Bertz CT molecular complexity index is 826. The van der Waals surface area contributed by atoms with Crippen LogP contribution in [0.1, 0.15) is 52.4 Å². The largest absolute Gasteiger partial charge is 0.421 e. The molecule has 1 amide bonds. The van der Waals surface area contributed by atoms with Crippen molar-refractivity contribution in [3.63, 3.8) is 0 Å². The second kappa shape index (κ2) is 7.63. The molecule has 1 aliphatic heterocycles. The predicted molar refractivity (Wildman–Crippen MR) is 109 cm³/mol. The van der Waals surface area contributed by atoms with Crippen molar-refractivity contribution in [2.75, 3.05) is 13.1 Å². The zero-order valence-corrected chi connectivity index (χ0v) is 18.0. The third kappa shape index (κ3) is 4.03. The third-order valence-electron chi connectivity index (χ3n) is 7.48. The average Bonchev–Trinajstić information content (AvgIpc) is 3.62. The molecular weight excluding hydrogens is 407 g/mol. The molecule has 2 saturated carbocycles. The Morgan fingerprint density at radius 3 is 2.26 bits per heavy atom. The number of hydrogen-bond donors (Lipinski definition) is 1. The fourth-order valence-electron chi connectivity index (χ4n) is 4.99. The number of nitrogens with zero attached hydrogens (tertiary/aromatic N) is 3. The van der Waals surface area contributed by atoms with Crippen LogP contribution in [0.3, 0.4) is 0 Å². The molecule has 0 radical (unpaired) electrons. The van der Waals surface area contributed by atoms with E-state index in [1.165, 1.54) is 18.2 Å². The molecule has 5 nitrogen and oxygen atoms in total. The fraction of sp³-hybridized carbons (Fsp3) is 0.739. The Kier molecular flexibility index (Phi) is 5.50. The van der Waals surface area contributed by atoms with E-state index in [-0.39, 0.29) is 29.1 Å². The molecule has 0 spiro atoms. The lowest BCUT2D eigenvalue weighted by atomic mass is 9.80. The van der Waals surface area contributed by atoms with Gasteiger partial charge >= 0.3 is 6.18 Å². The summed E-state index contributed by atoms with van der Waals surface area (Å²) < 4.78 is 39.6. The highest BCUT2D eigenvalue weighted by atomic mass is 19.4. The van der Waals surface area contributed by atoms with Crippen molar-refractivity contribution in [1.82, 2.24) is 9.80 Å². The number of likely N-dealkylation sites (tertiary alicyclic amines) is 1. The second-order valence-electron chi connectivity index (χ2n) is 9.77. The molecule has 170 valence electrons. The first kappa shape index (κ1) is 22.3. The van der Waals surface area contributed by atoms with E-state index in [0.717, 1.165) is 58.5 Å². The standard InChI is InChI=1S/C23H30F3N3O2/c1-15-13-16(21(2,31)23(24,25)26)3-6-19(15)20(30)29(17-4-5-17)18-7-11-28(12-8-18)22(14-27)9-10-22/h3,6,13,15,17-19,31H,4-5,7-12H2,1-2H3. The molecule has 3 fully saturated rings. The minimum atomic E-state index is -4.78.